The van der Waals surface area contributed by atoms with Crippen molar-refractivity contribution in [3.8, 4) is 11.4 Å². The third-order valence-corrected chi connectivity index (χ3v) is 10.7. The fraction of sp³-hybridized carbons (Fsp3) is 0.333. The van der Waals surface area contributed by atoms with Crippen molar-refractivity contribution in [2.75, 3.05) is 32.0 Å². The Hall–Kier alpha value is -5.13. The van der Waals surface area contributed by atoms with E-state index < -0.39 is 49.8 Å². The second-order valence-corrected chi connectivity index (χ2v) is 15.0. The number of nitrogens with two attached hydrogens (primary N) is 1. The normalized spacial score (nSPS) is 16.9. The fourth-order valence-corrected chi connectivity index (χ4v) is 7.93. The van der Waals surface area contributed by atoms with E-state index >= 15 is 0 Å². The number of fused-ring (bicyclic) bond motifs is 1. The smallest absolute Gasteiger partial charge is 0.337 e. The van der Waals surface area contributed by atoms with Crippen molar-refractivity contribution in [2.24, 2.45) is 5.73 Å². The molecule has 17 heteroatoms. The first kappa shape index (κ1) is 34.7. The summed E-state index contributed by atoms with van der Waals surface area (Å²) in [4.78, 5) is 40.0. The number of anilines is 1. The lowest BCUT2D eigenvalue weighted by Gasteiger charge is -2.36. The summed E-state index contributed by atoms with van der Waals surface area (Å²) in [6.45, 7) is 4.67. The number of primary amides is 1. The van der Waals surface area contributed by atoms with E-state index in [0.717, 1.165) is 29.5 Å². The van der Waals surface area contributed by atoms with Gasteiger partial charge in [0.05, 0.1) is 27.3 Å². The van der Waals surface area contributed by atoms with E-state index in [1.165, 1.54) is 35.2 Å². The molecule has 2 aromatic carbocycles. The highest BCUT2D eigenvalue weighted by Gasteiger charge is 2.41. The summed E-state index contributed by atoms with van der Waals surface area (Å²) in [7, 11) is -2.40. The zero-order chi connectivity index (χ0) is 36.1. The molecule has 4 aromatic rings. The molecule has 0 atom stereocenters. The number of benzene rings is 2. The molecular formula is C33H35F2N7O7S. The predicted octanol–water partition coefficient (Wildman–Crippen LogP) is 3.48. The topological polar surface area (TPSA) is 193 Å². The Morgan fingerprint density at radius 3 is 2.38 bits per heavy atom. The maximum atomic E-state index is 14.0. The average molecular weight is 712 g/mol. The van der Waals surface area contributed by atoms with Gasteiger partial charge in [0.1, 0.15) is 23.5 Å². The number of piperidine rings is 1. The SMILES string of the molecule is CN1CCC(Oc2cc(C(N)=O)c(C(=O)Nc3n[nH]c4c3CN(S(=O)(=O)c3cc(F)cc(F)c3)CC4(C)C)cc2-n2ccc(C(=O)O)c2)CC1. The number of likely N-dealkylation sites (tertiary alicyclic amines) is 1. The van der Waals surface area contributed by atoms with Crippen molar-refractivity contribution >= 4 is 33.6 Å². The van der Waals surface area contributed by atoms with Gasteiger partial charge >= 0.3 is 5.97 Å². The molecule has 6 rings (SSSR count). The van der Waals surface area contributed by atoms with Crippen LogP contribution in [-0.2, 0) is 22.0 Å². The van der Waals surface area contributed by atoms with Gasteiger partial charge in [-0.15, -0.1) is 0 Å². The number of halogens is 2. The van der Waals surface area contributed by atoms with Crippen LogP contribution in [0.25, 0.3) is 5.69 Å². The zero-order valence-corrected chi connectivity index (χ0v) is 28.2. The molecule has 2 aromatic heterocycles. The number of hydrogen-bond donors (Lipinski definition) is 4. The molecule has 0 radical (unpaired) electrons. The number of aromatic amines is 1. The molecule has 0 aliphatic carbocycles. The summed E-state index contributed by atoms with van der Waals surface area (Å²) in [6, 6.07) is 6.11. The van der Waals surface area contributed by atoms with E-state index in [4.69, 9.17) is 10.5 Å². The zero-order valence-electron chi connectivity index (χ0n) is 27.4. The van der Waals surface area contributed by atoms with Crippen LogP contribution in [0.5, 0.6) is 5.75 Å². The van der Waals surface area contributed by atoms with Crippen molar-refractivity contribution in [1.29, 1.82) is 0 Å². The Morgan fingerprint density at radius 2 is 1.76 bits per heavy atom. The van der Waals surface area contributed by atoms with Gasteiger partial charge in [0.25, 0.3) is 5.91 Å². The highest BCUT2D eigenvalue weighted by Crippen LogP contribution is 2.38. The van der Waals surface area contributed by atoms with Crippen LogP contribution in [0.4, 0.5) is 14.6 Å². The lowest BCUT2D eigenvalue weighted by Crippen LogP contribution is -2.45. The first-order chi connectivity index (χ1) is 23.5. The number of aromatic carboxylic acids is 1. The van der Waals surface area contributed by atoms with Gasteiger partial charge in [0, 0.05) is 61.3 Å². The number of nitrogens with one attached hydrogen (secondary N) is 2. The van der Waals surface area contributed by atoms with Crippen LogP contribution in [0.3, 0.4) is 0 Å². The Labute approximate surface area is 285 Å². The number of carbonyl (C=O) groups excluding carboxylic acids is 2. The van der Waals surface area contributed by atoms with Crippen LogP contribution in [0, 0.1) is 11.6 Å². The van der Waals surface area contributed by atoms with E-state index in [1.807, 2.05) is 7.05 Å². The van der Waals surface area contributed by atoms with E-state index in [-0.39, 0.29) is 53.1 Å². The highest BCUT2D eigenvalue weighted by atomic mass is 32.2. The molecule has 0 bridgehead atoms. The number of sulfonamides is 1. The molecule has 50 heavy (non-hydrogen) atoms. The van der Waals surface area contributed by atoms with Crippen LogP contribution in [0.2, 0.25) is 0 Å². The Morgan fingerprint density at radius 1 is 1.08 bits per heavy atom. The minimum absolute atomic E-state index is 0.0218. The average Bonchev–Trinajstić information content (AvgIpc) is 3.70. The number of aromatic nitrogens is 3. The number of ether oxygens (including phenoxy) is 1. The van der Waals surface area contributed by atoms with Gasteiger partial charge in [0.15, 0.2) is 5.82 Å². The van der Waals surface area contributed by atoms with Gasteiger partial charge in [-0.1, -0.05) is 13.8 Å². The summed E-state index contributed by atoms with van der Waals surface area (Å²) < 4.78 is 64.0. The molecule has 1 fully saturated rings. The lowest BCUT2D eigenvalue weighted by molar-refractivity contribution is 0.0696. The van der Waals surface area contributed by atoms with Crippen molar-refractivity contribution < 1.29 is 41.4 Å². The highest BCUT2D eigenvalue weighted by molar-refractivity contribution is 7.89. The second-order valence-electron chi connectivity index (χ2n) is 13.1. The Kier molecular flexibility index (Phi) is 9.00. The van der Waals surface area contributed by atoms with Crippen molar-refractivity contribution in [3.63, 3.8) is 0 Å². The first-order valence-electron chi connectivity index (χ1n) is 15.6. The van der Waals surface area contributed by atoms with Crippen LogP contribution >= 0.6 is 0 Å². The molecule has 0 saturated carbocycles. The minimum atomic E-state index is -4.40. The molecule has 5 N–H and O–H groups in total. The Bertz CT molecular complexity index is 2100. The van der Waals surface area contributed by atoms with E-state index in [9.17, 15) is 36.7 Å². The van der Waals surface area contributed by atoms with E-state index in [1.54, 1.807) is 13.8 Å². The summed E-state index contributed by atoms with van der Waals surface area (Å²) in [5.74, 6) is -4.86. The molecule has 2 aliphatic heterocycles. The number of rotatable bonds is 9. The standard InChI is InChI=1S/C33H35F2N7O7S/c1-33(2)17-42(50(47,48)22-11-19(34)10-20(35)12-22)16-25-28(33)38-39-30(25)37-31(44)24-13-26(41-9-4-18(15-41)32(45)46)27(14-23(24)29(36)43)49-21-5-7-40(3)8-6-21/h4,9-15,21H,5-8,16-17H2,1-3H3,(H2,36,43)(H,45,46)(H2,37,38,39,44). The van der Waals surface area contributed by atoms with Crippen molar-refractivity contribution in [3.05, 3.63) is 88.4 Å². The summed E-state index contributed by atoms with van der Waals surface area (Å²) in [5.41, 5.74) is 5.59. The van der Waals surface area contributed by atoms with Crippen molar-refractivity contribution in [2.45, 2.75) is 49.6 Å². The van der Waals surface area contributed by atoms with Gasteiger partial charge in [0.2, 0.25) is 15.9 Å². The third kappa shape index (κ3) is 6.71. The quantitative estimate of drug-likeness (QED) is 0.201. The van der Waals surface area contributed by atoms with Crippen LogP contribution in [-0.4, -0.2) is 88.1 Å². The minimum Gasteiger partial charge on any atom is -0.488 e. The molecule has 0 spiro atoms. The van der Waals surface area contributed by atoms with Gasteiger partial charge in [-0.2, -0.15) is 9.40 Å². The largest absolute Gasteiger partial charge is 0.488 e. The van der Waals surface area contributed by atoms with Crippen LogP contribution in [0.1, 0.15) is 69.0 Å². The number of amides is 2. The number of nitrogens with zero attached hydrogens (tertiary/aromatic N) is 4. The fourth-order valence-electron chi connectivity index (χ4n) is 6.32. The van der Waals surface area contributed by atoms with Gasteiger partial charge in [-0.25, -0.2) is 22.0 Å². The molecule has 0 unspecified atom stereocenters. The monoisotopic (exact) mass is 711 g/mol. The number of hydrogen-bond acceptors (Lipinski definition) is 8. The molecule has 264 valence electrons. The molecular weight excluding hydrogens is 676 g/mol. The number of carbonyl (C=O) groups is 3. The van der Waals surface area contributed by atoms with Gasteiger partial charge in [-0.05, 0) is 50.2 Å². The maximum absolute atomic E-state index is 14.0. The van der Waals surface area contributed by atoms with Gasteiger partial charge < -0.3 is 30.4 Å². The molecule has 1 saturated heterocycles. The number of carboxylic acid groups (broad SMARTS) is 1. The first-order valence-corrected chi connectivity index (χ1v) is 17.1. The molecule has 2 amide bonds. The summed E-state index contributed by atoms with van der Waals surface area (Å²) in [5, 5.41) is 19.3. The van der Waals surface area contributed by atoms with E-state index in [2.05, 4.69) is 20.4 Å². The molecule has 2 aliphatic rings. The number of H-pyrrole nitrogens is 1. The maximum Gasteiger partial charge on any atom is 0.337 e. The number of carboxylic acids is 1. The Balaban J connectivity index is 1.37. The second kappa shape index (κ2) is 13.0. The predicted molar refractivity (Wildman–Crippen MR) is 176 cm³/mol. The van der Waals surface area contributed by atoms with Crippen molar-refractivity contribution in [1.82, 2.24) is 24.0 Å². The lowest BCUT2D eigenvalue weighted by atomic mass is 9.84. The summed E-state index contributed by atoms with van der Waals surface area (Å²) in [6.07, 6.45) is 3.99. The molecule has 14 nitrogen and oxygen atoms in total. The molecule has 4 heterocycles. The van der Waals surface area contributed by atoms with Crippen LogP contribution in [0.15, 0.2) is 53.7 Å². The van der Waals surface area contributed by atoms with Crippen LogP contribution < -0.4 is 15.8 Å². The summed E-state index contributed by atoms with van der Waals surface area (Å²) >= 11 is 0. The van der Waals surface area contributed by atoms with Gasteiger partial charge in [-0.3, -0.25) is 14.7 Å². The van der Waals surface area contributed by atoms with E-state index in [0.29, 0.717) is 30.2 Å². The third-order valence-electron chi connectivity index (χ3n) is 8.94.